The van der Waals surface area contributed by atoms with E-state index in [1.54, 1.807) is 6.20 Å². The fourth-order valence-corrected chi connectivity index (χ4v) is 4.47. The van der Waals surface area contributed by atoms with Crippen LogP contribution in [0.3, 0.4) is 0 Å². The number of nitrogens with one attached hydrogen (secondary N) is 1. The van der Waals surface area contributed by atoms with Crippen molar-refractivity contribution in [3.63, 3.8) is 0 Å². The number of hydrogen-bond acceptors (Lipinski definition) is 8. The van der Waals surface area contributed by atoms with Gasteiger partial charge < -0.3 is 15.1 Å². The molecule has 5 rings (SSSR count). The molecule has 4 aromatic rings. The molecule has 156 valence electrons. The summed E-state index contributed by atoms with van der Waals surface area (Å²) in [6.45, 7) is 4.69. The van der Waals surface area contributed by atoms with Gasteiger partial charge in [-0.15, -0.1) is 21.5 Å². The van der Waals surface area contributed by atoms with E-state index in [-0.39, 0.29) is 5.91 Å². The molecule has 1 fully saturated rings. The zero-order chi connectivity index (χ0) is 21.2. The van der Waals surface area contributed by atoms with Crippen molar-refractivity contribution >= 4 is 44.9 Å². The minimum absolute atomic E-state index is 0.00265. The Bertz CT molecular complexity index is 1180. The zero-order valence-electron chi connectivity index (χ0n) is 17.0. The van der Waals surface area contributed by atoms with Crippen molar-refractivity contribution in [3.8, 4) is 0 Å². The quantitative estimate of drug-likeness (QED) is 0.529. The highest BCUT2D eigenvalue weighted by atomic mass is 32.1. The fourth-order valence-electron chi connectivity index (χ4n) is 3.53. The third kappa shape index (κ3) is 4.17. The van der Waals surface area contributed by atoms with Gasteiger partial charge in [0.1, 0.15) is 5.82 Å². The summed E-state index contributed by atoms with van der Waals surface area (Å²) in [5.41, 5.74) is 2.00. The van der Waals surface area contributed by atoms with Gasteiger partial charge in [0.15, 0.2) is 16.6 Å². The van der Waals surface area contributed by atoms with Gasteiger partial charge >= 0.3 is 0 Å². The average Bonchev–Trinajstić information content (AvgIpc) is 3.24. The number of para-hydroxylation sites is 1. The highest BCUT2D eigenvalue weighted by Gasteiger charge is 2.25. The number of rotatable bonds is 4. The molecule has 0 atom stereocenters. The lowest BCUT2D eigenvalue weighted by Gasteiger charge is -2.34. The molecule has 0 spiro atoms. The summed E-state index contributed by atoms with van der Waals surface area (Å²) in [6, 6.07) is 15.6. The van der Waals surface area contributed by atoms with Crippen LogP contribution in [0.4, 0.5) is 17.5 Å². The highest BCUT2D eigenvalue weighted by Crippen LogP contribution is 2.24. The normalized spacial score (nSPS) is 14.1. The molecule has 3 aromatic heterocycles. The van der Waals surface area contributed by atoms with E-state index in [4.69, 9.17) is 0 Å². The van der Waals surface area contributed by atoms with Crippen LogP contribution in [0.2, 0.25) is 0 Å². The summed E-state index contributed by atoms with van der Waals surface area (Å²) in [6.07, 6.45) is 1.76. The number of carbonyl (C=O) groups excluding carboxylic acids is 1. The first-order valence-electron chi connectivity index (χ1n) is 10.1. The van der Waals surface area contributed by atoms with Crippen molar-refractivity contribution in [2.24, 2.45) is 0 Å². The van der Waals surface area contributed by atoms with Gasteiger partial charge in [-0.25, -0.2) is 9.97 Å². The number of piperazine rings is 1. The van der Waals surface area contributed by atoms with Crippen molar-refractivity contribution in [1.29, 1.82) is 0 Å². The van der Waals surface area contributed by atoms with Crippen molar-refractivity contribution < 1.29 is 4.79 Å². The number of thiazole rings is 1. The van der Waals surface area contributed by atoms with Crippen molar-refractivity contribution in [3.05, 3.63) is 65.3 Å². The zero-order valence-corrected chi connectivity index (χ0v) is 17.8. The van der Waals surface area contributed by atoms with E-state index in [1.165, 1.54) is 11.3 Å². The summed E-state index contributed by atoms with van der Waals surface area (Å²) in [7, 11) is 0. The largest absolute Gasteiger partial charge is 0.352 e. The van der Waals surface area contributed by atoms with Gasteiger partial charge in [0.25, 0.3) is 5.91 Å². The van der Waals surface area contributed by atoms with Gasteiger partial charge in [0.2, 0.25) is 0 Å². The van der Waals surface area contributed by atoms with Gasteiger partial charge in [-0.1, -0.05) is 12.1 Å². The predicted molar refractivity (Wildman–Crippen MR) is 122 cm³/mol. The average molecular weight is 432 g/mol. The topological polar surface area (TPSA) is 87.1 Å². The van der Waals surface area contributed by atoms with E-state index in [0.29, 0.717) is 37.0 Å². The lowest BCUT2D eigenvalue weighted by Crippen LogP contribution is -2.49. The van der Waals surface area contributed by atoms with Crippen molar-refractivity contribution in [2.45, 2.75) is 6.92 Å². The van der Waals surface area contributed by atoms with E-state index in [0.717, 1.165) is 27.4 Å². The molecule has 9 heteroatoms. The van der Waals surface area contributed by atoms with E-state index in [2.05, 4.69) is 30.4 Å². The molecule has 1 aromatic carbocycles. The standard InChI is InChI=1S/C22H21N7OS/c1-15-8-9-23-19(14-15)25-18-6-7-20(27-26-18)28-10-12-29(13-11-28)22(30)21-24-16-4-2-3-5-17(16)31-21/h2-9,14H,10-13H2,1H3,(H,23,25,26). The highest BCUT2D eigenvalue weighted by molar-refractivity contribution is 7.20. The second-order valence-electron chi connectivity index (χ2n) is 7.39. The fraction of sp³-hybridized carbons (Fsp3) is 0.227. The third-order valence-electron chi connectivity index (χ3n) is 5.19. The van der Waals surface area contributed by atoms with Gasteiger partial charge in [-0.2, -0.15) is 0 Å². The van der Waals surface area contributed by atoms with Crippen LogP contribution in [-0.4, -0.2) is 57.2 Å². The molecule has 1 aliphatic rings. The Morgan fingerprint density at radius 2 is 1.84 bits per heavy atom. The molecular weight excluding hydrogens is 410 g/mol. The van der Waals surface area contributed by atoms with E-state index in [1.807, 2.05) is 60.4 Å². The second-order valence-corrected chi connectivity index (χ2v) is 8.42. The number of amides is 1. The van der Waals surface area contributed by atoms with E-state index >= 15 is 0 Å². The number of aromatic nitrogens is 4. The molecule has 0 aliphatic carbocycles. The Hall–Kier alpha value is -3.59. The molecule has 0 radical (unpaired) electrons. The maximum Gasteiger partial charge on any atom is 0.282 e. The van der Waals surface area contributed by atoms with Crippen molar-refractivity contribution in [1.82, 2.24) is 25.1 Å². The number of aryl methyl sites for hydroxylation is 1. The lowest BCUT2D eigenvalue weighted by atomic mass is 10.3. The molecular formula is C22H21N7OS. The number of fused-ring (bicyclic) bond motifs is 1. The summed E-state index contributed by atoms with van der Waals surface area (Å²) >= 11 is 1.45. The van der Waals surface area contributed by atoms with E-state index < -0.39 is 0 Å². The Morgan fingerprint density at radius 1 is 1.00 bits per heavy atom. The number of hydrogen-bond donors (Lipinski definition) is 1. The molecule has 31 heavy (non-hydrogen) atoms. The molecule has 0 unspecified atom stereocenters. The molecule has 0 bridgehead atoms. The van der Waals surface area contributed by atoms with Crippen LogP contribution < -0.4 is 10.2 Å². The summed E-state index contributed by atoms with van der Waals surface area (Å²) in [4.78, 5) is 25.6. The summed E-state index contributed by atoms with van der Waals surface area (Å²) in [5, 5.41) is 12.3. The molecule has 1 N–H and O–H groups in total. The summed E-state index contributed by atoms with van der Waals surface area (Å²) < 4.78 is 1.04. The summed E-state index contributed by atoms with van der Waals surface area (Å²) in [5.74, 6) is 2.18. The Balaban J connectivity index is 1.20. The number of benzene rings is 1. The van der Waals surface area contributed by atoms with Crippen LogP contribution in [0.5, 0.6) is 0 Å². The molecule has 1 aliphatic heterocycles. The maximum atomic E-state index is 12.9. The smallest absolute Gasteiger partial charge is 0.282 e. The first kappa shape index (κ1) is 19.4. The predicted octanol–water partition coefficient (Wildman–Crippen LogP) is 3.50. The van der Waals surface area contributed by atoms with Gasteiger partial charge in [-0.3, -0.25) is 4.79 Å². The van der Waals surface area contributed by atoms with Gasteiger partial charge in [0.05, 0.1) is 10.2 Å². The molecule has 0 saturated carbocycles. The number of carbonyl (C=O) groups is 1. The molecule has 4 heterocycles. The monoisotopic (exact) mass is 431 g/mol. The third-order valence-corrected chi connectivity index (χ3v) is 6.21. The molecule has 1 saturated heterocycles. The molecule has 1 amide bonds. The maximum absolute atomic E-state index is 12.9. The number of pyridine rings is 1. The Morgan fingerprint density at radius 3 is 2.58 bits per heavy atom. The molecule has 8 nitrogen and oxygen atoms in total. The van der Waals surface area contributed by atoms with Crippen molar-refractivity contribution in [2.75, 3.05) is 36.4 Å². The van der Waals surface area contributed by atoms with Gasteiger partial charge in [0, 0.05) is 32.4 Å². The van der Waals surface area contributed by atoms with Crippen LogP contribution in [-0.2, 0) is 0 Å². The number of anilines is 3. The van der Waals surface area contributed by atoms with Crippen LogP contribution in [0, 0.1) is 6.92 Å². The SMILES string of the molecule is Cc1ccnc(Nc2ccc(N3CCN(C(=O)c4nc5ccccc5s4)CC3)nn2)c1. The first-order valence-corrected chi connectivity index (χ1v) is 10.9. The second kappa shape index (κ2) is 8.27. The minimum Gasteiger partial charge on any atom is -0.352 e. The van der Waals surface area contributed by atoms with Crippen LogP contribution >= 0.6 is 11.3 Å². The van der Waals surface area contributed by atoms with Crippen LogP contribution in [0.15, 0.2) is 54.7 Å². The number of nitrogens with zero attached hydrogens (tertiary/aromatic N) is 6. The van der Waals surface area contributed by atoms with E-state index in [9.17, 15) is 4.79 Å². The van der Waals surface area contributed by atoms with Gasteiger partial charge in [-0.05, 0) is 48.9 Å². The Labute approximate surface area is 183 Å². The van der Waals surface area contributed by atoms with Crippen LogP contribution in [0.25, 0.3) is 10.2 Å². The Kier molecular flexibility index (Phi) is 5.17. The van der Waals surface area contributed by atoms with Crippen LogP contribution in [0.1, 0.15) is 15.4 Å². The minimum atomic E-state index is -0.00265. The first-order chi connectivity index (χ1) is 15.2. The lowest BCUT2D eigenvalue weighted by molar-refractivity contribution is 0.0746.